The summed E-state index contributed by atoms with van der Waals surface area (Å²) in [4.78, 5) is 26.1. The number of nitrogens with one attached hydrogen (secondary N) is 1. The van der Waals surface area contributed by atoms with E-state index in [0.717, 1.165) is 116 Å². The number of hydrogen-bond donors (Lipinski definition) is 3. The van der Waals surface area contributed by atoms with E-state index in [2.05, 4.69) is 99.0 Å². The topological polar surface area (TPSA) is 95.9 Å². The molecule has 6 nitrogen and oxygen atoms in total. The third-order valence-corrected chi connectivity index (χ3v) is 11.0. The van der Waals surface area contributed by atoms with Crippen LogP contribution in [0.25, 0.3) is 0 Å². The third kappa shape index (κ3) is 42.0. The Kier molecular flexibility index (Phi) is 45.2. The molecule has 0 heterocycles. The summed E-state index contributed by atoms with van der Waals surface area (Å²) < 4.78 is 5.90. The second-order valence-electron chi connectivity index (χ2n) is 16.8. The Labute approximate surface area is 371 Å². The van der Waals surface area contributed by atoms with Crippen LogP contribution < -0.4 is 5.32 Å². The van der Waals surface area contributed by atoms with Gasteiger partial charge in [-0.05, 0) is 89.9 Å². The second-order valence-corrected chi connectivity index (χ2v) is 16.8. The van der Waals surface area contributed by atoms with E-state index in [-0.39, 0.29) is 24.9 Å². The van der Waals surface area contributed by atoms with Gasteiger partial charge in [-0.25, -0.2) is 0 Å². The van der Waals surface area contributed by atoms with Crippen molar-refractivity contribution in [3.8, 4) is 0 Å². The third-order valence-electron chi connectivity index (χ3n) is 11.0. The van der Waals surface area contributed by atoms with Crippen LogP contribution in [-0.4, -0.2) is 46.9 Å². The van der Waals surface area contributed by atoms with Gasteiger partial charge in [-0.15, -0.1) is 0 Å². The first-order valence-corrected chi connectivity index (χ1v) is 25.2. The van der Waals surface area contributed by atoms with Gasteiger partial charge in [-0.3, -0.25) is 9.59 Å². The molecule has 0 fully saturated rings. The first-order chi connectivity index (χ1) is 29.5. The number of aliphatic hydroxyl groups is 2. The lowest BCUT2D eigenvalue weighted by Crippen LogP contribution is -2.46. The van der Waals surface area contributed by atoms with Gasteiger partial charge in [0.05, 0.1) is 25.2 Å². The summed E-state index contributed by atoms with van der Waals surface area (Å²) >= 11 is 0. The summed E-state index contributed by atoms with van der Waals surface area (Å²) in [5, 5.41) is 23.7. The number of rotatable bonds is 44. The van der Waals surface area contributed by atoms with Crippen LogP contribution in [0.1, 0.15) is 233 Å². The molecule has 346 valence electrons. The highest BCUT2D eigenvalue weighted by atomic mass is 16.5. The first-order valence-electron chi connectivity index (χ1n) is 25.2. The molecule has 0 saturated carbocycles. The van der Waals surface area contributed by atoms with Crippen molar-refractivity contribution in [3.05, 3.63) is 72.9 Å². The lowest BCUT2D eigenvalue weighted by atomic mass is 10.0. The lowest BCUT2D eigenvalue weighted by Gasteiger charge is -2.24. The van der Waals surface area contributed by atoms with Crippen molar-refractivity contribution in [2.45, 2.75) is 251 Å². The van der Waals surface area contributed by atoms with Crippen molar-refractivity contribution >= 4 is 11.9 Å². The maximum absolute atomic E-state index is 13.2. The fraction of sp³-hybridized carbons (Fsp3) is 0.741. The summed E-state index contributed by atoms with van der Waals surface area (Å²) in [6.45, 7) is 6.25. The molecule has 0 aromatic heterocycles. The highest BCUT2D eigenvalue weighted by Crippen LogP contribution is 2.17. The van der Waals surface area contributed by atoms with E-state index in [0.29, 0.717) is 19.3 Å². The summed E-state index contributed by atoms with van der Waals surface area (Å²) in [6.07, 6.45) is 59.6. The van der Waals surface area contributed by atoms with Crippen LogP contribution >= 0.6 is 0 Å². The predicted octanol–water partition coefficient (Wildman–Crippen LogP) is 15.0. The van der Waals surface area contributed by atoms with E-state index < -0.39 is 18.2 Å². The van der Waals surface area contributed by atoms with Gasteiger partial charge in [-0.1, -0.05) is 203 Å². The van der Waals surface area contributed by atoms with E-state index in [1.54, 1.807) is 0 Å². The fourth-order valence-electron chi connectivity index (χ4n) is 7.28. The van der Waals surface area contributed by atoms with Crippen molar-refractivity contribution in [2.75, 3.05) is 6.61 Å². The number of carbonyl (C=O) groups excluding carboxylic acids is 2. The largest absolute Gasteiger partial charge is 0.462 e. The van der Waals surface area contributed by atoms with Gasteiger partial charge in [0.15, 0.2) is 0 Å². The van der Waals surface area contributed by atoms with E-state index in [1.165, 1.54) is 70.6 Å². The highest BCUT2D eigenvalue weighted by molar-refractivity contribution is 5.77. The van der Waals surface area contributed by atoms with E-state index in [9.17, 15) is 19.8 Å². The number of ether oxygens (including phenoxy) is 1. The van der Waals surface area contributed by atoms with Crippen molar-refractivity contribution < 1.29 is 24.5 Å². The minimum atomic E-state index is -0.799. The Bertz CT molecular complexity index is 1120. The molecule has 60 heavy (non-hydrogen) atoms. The van der Waals surface area contributed by atoms with Crippen LogP contribution in [0, 0.1) is 0 Å². The molecule has 6 heteroatoms. The van der Waals surface area contributed by atoms with E-state index in [4.69, 9.17) is 4.74 Å². The van der Waals surface area contributed by atoms with Crippen LogP contribution in [0.3, 0.4) is 0 Å². The molecule has 0 spiro atoms. The summed E-state index contributed by atoms with van der Waals surface area (Å²) in [5.41, 5.74) is 0. The number of unbranched alkanes of at least 4 members (excludes halogenated alkanes) is 20. The van der Waals surface area contributed by atoms with Gasteiger partial charge in [0.1, 0.15) is 6.10 Å². The number of carbonyl (C=O) groups is 2. The van der Waals surface area contributed by atoms with Crippen molar-refractivity contribution in [3.63, 3.8) is 0 Å². The molecule has 0 bridgehead atoms. The maximum atomic E-state index is 13.2. The number of amides is 1. The molecule has 0 aromatic rings. The normalized spacial score (nSPS) is 13.9. The zero-order valence-electron chi connectivity index (χ0n) is 39.3. The van der Waals surface area contributed by atoms with Gasteiger partial charge in [0, 0.05) is 6.42 Å². The van der Waals surface area contributed by atoms with Crippen molar-refractivity contribution in [1.29, 1.82) is 0 Å². The van der Waals surface area contributed by atoms with Crippen LogP contribution in [0.15, 0.2) is 72.9 Å². The average molecular weight is 838 g/mol. The molecule has 0 rings (SSSR count). The molecule has 0 aromatic carbocycles. The number of allylic oxidation sites excluding steroid dienone is 12. The molecular weight excluding hydrogens is 743 g/mol. The summed E-state index contributed by atoms with van der Waals surface area (Å²) in [7, 11) is 0. The Morgan fingerprint density at radius 3 is 1.37 bits per heavy atom. The number of esters is 1. The lowest BCUT2D eigenvalue weighted by molar-refractivity contribution is -0.151. The Hall–Kier alpha value is -2.70. The van der Waals surface area contributed by atoms with Crippen molar-refractivity contribution in [2.24, 2.45) is 0 Å². The Morgan fingerprint density at radius 1 is 0.500 bits per heavy atom. The first kappa shape index (κ1) is 57.3. The SMILES string of the molecule is CC/C=C/C/C=C/C/C=C/C/C=C/CCCCCC(=O)OC(CCCCCCC/C=C/C/C=C/CC)CC(=O)NC(CO)C(O)CCCCCCCCCCCCCCC. The second kappa shape index (κ2) is 47.4. The standard InChI is InChI=1S/C54H95NO5/c1-4-7-10-13-16-19-22-25-26-27-29-32-35-38-41-44-47-54(59)60-50(45-42-39-36-33-30-24-21-18-15-12-9-6-3)48-53(58)55-51(49-56)52(57)46-43-40-37-34-31-28-23-20-17-14-11-8-5-2/h7,9-10,12,16,18-19,21,25-26,29,32,50-52,56-57H,4-6,8,11,13-15,17,20,22-24,27-28,30-31,33-49H2,1-3H3,(H,55,58)/b10-7+,12-9+,19-16+,21-18+,26-25+,32-29+. The smallest absolute Gasteiger partial charge is 0.306 e. The highest BCUT2D eigenvalue weighted by Gasteiger charge is 2.24. The van der Waals surface area contributed by atoms with Crippen LogP contribution in [-0.2, 0) is 14.3 Å². The number of aliphatic hydroxyl groups excluding tert-OH is 2. The average Bonchev–Trinajstić information content (AvgIpc) is 3.24. The minimum Gasteiger partial charge on any atom is -0.462 e. The molecule has 3 unspecified atom stereocenters. The predicted molar refractivity (Wildman–Crippen MR) is 259 cm³/mol. The molecule has 0 radical (unpaired) electrons. The van der Waals surface area contributed by atoms with E-state index in [1.807, 2.05) is 0 Å². The van der Waals surface area contributed by atoms with Gasteiger partial charge in [0.2, 0.25) is 5.91 Å². The van der Waals surface area contributed by atoms with Gasteiger partial charge in [-0.2, -0.15) is 0 Å². The molecule has 3 N–H and O–H groups in total. The quantitative estimate of drug-likeness (QED) is 0.0323. The van der Waals surface area contributed by atoms with Gasteiger partial charge < -0.3 is 20.3 Å². The molecule has 3 atom stereocenters. The molecule has 0 aliphatic carbocycles. The van der Waals surface area contributed by atoms with Crippen LogP contribution in [0.5, 0.6) is 0 Å². The maximum Gasteiger partial charge on any atom is 0.306 e. The summed E-state index contributed by atoms with van der Waals surface area (Å²) in [5.74, 6) is -0.527. The Morgan fingerprint density at radius 2 is 0.900 bits per heavy atom. The van der Waals surface area contributed by atoms with E-state index >= 15 is 0 Å². The molecule has 0 aliphatic rings. The van der Waals surface area contributed by atoms with Gasteiger partial charge in [0.25, 0.3) is 0 Å². The zero-order chi connectivity index (χ0) is 43.8. The van der Waals surface area contributed by atoms with Gasteiger partial charge >= 0.3 is 5.97 Å². The monoisotopic (exact) mass is 838 g/mol. The molecular formula is C54H95NO5. The van der Waals surface area contributed by atoms with Crippen LogP contribution in [0.2, 0.25) is 0 Å². The fourth-order valence-corrected chi connectivity index (χ4v) is 7.28. The number of hydrogen-bond acceptors (Lipinski definition) is 5. The molecule has 0 aliphatic heterocycles. The van der Waals surface area contributed by atoms with Crippen LogP contribution in [0.4, 0.5) is 0 Å². The molecule has 0 saturated heterocycles. The minimum absolute atomic E-state index is 0.0524. The zero-order valence-corrected chi connectivity index (χ0v) is 39.3. The Balaban J connectivity index is 4.63. The van der Waals surface area contributed by atoms with Crippen molar-refractivity contribution in [1.82, 2.24) is 5.32 Å². The summed E-state index contributed by atoms with van der Waals surface area (Å²) in [6, 6.07) is -0.715. The molecule has 1 amide bonds.